The highest BCUT2D eigenvalue weighted by Crippen LogP contribution is 2.20. The number of pyridine rings is 1. The average Bonchev–Trinajstić information content (AvgIpc) is 2.38. The highest BCUT2D eigenvalue weighted by Gasteiger charge is 2.12. The number of hydrogen-bond acceptors (Lipinski definition) is 4. The first-order valence-electron chi connectivity index (χ1n) is 6.59. The van der Waals surface area contributed by atoms with Crippen LogP contribution in [0.15, 0.2) is 18.3 Å². The number of rotatable bonds is 9. The van der Waals surface area contributed by atoms with Crippen LogP contribution in [0.3, 0.4) is 0 Å². The summed E-state index contributed by atoms with van der Waals surface area (Å²) in [6.07, 6.45) is 8.80. The Bertz CT molecular complexity index is 369. The highest BCUT2D eigenvalue weighted by molar-refractivity contribution is 5.54. The molecule has 0 saturated carbocycles. The summed E-state index contributed by atoms with van der Waals surface area (Å²) in [7, 11) is 0. The van der Waals surface area contributed by atoms with Gasteiger partial charge in [0.05, 0.1) is 4.92 Å². The van der Waals surface area contributed by atoms with Crippen molar-refractivity contribution >= 4 is 11.5 Å². The lowest BCUT2D eigenvalue weighted by atomic mass is 10.1. The second-order valence-corrected chi connectivity index (χ2v) is 4.32. The first-order chi connectivity index (χ1) is 8.75. The number of unbranched alkanes of at least 4 members (excludes halogenated alkanes) is 5. The first kappa shape index (κ1) is 14.4. The van der Waals surface area contributed by atoms with Gasteiger partial charge in [0.15, 0.2) is 0 Å². The fourth-order valence-corrected chi connectivity index (χ4v) is 1.79. The summed E-state index contributed by atoms with van der Waals surface area (Å²) in [5.41, 5.74) is 0.0449. The van der Waals surface area contributed by atoms with Crippen LogP contribution in [0.1, 0.15) is 45.4 Å². The van der Waals surface area contributed by atoms with Crippen LogP contribution < -0.4 is 5.32 Å². The molecule has 0 atom stereocenters. The van der Waals surface area contributed by atoms with Crippen molar-refractivity contribution in [1.82, 2.24) is 4.98 Å². The molecule has 0 fully saturated rings. The molecule has 0 aliphatic carbocycles. The van der Waals surface area contributed by atoms with E-state index in [9.17, 15) is 10.1 Å². The maximum absolute atomic E-state index is 10.8. The van der Waals surface area contributed by atoms with Crippen LogP contribution >= 0.6 is 0 Å². The summed E-state index contributed by atoms with van der Waals surface area (Å²) in [4.78, 5) is 14.3. The molecule has 0 unspecified atom stereocenters. The van der Waals surface area contributed by atoms with Crippen LogP contribution in [0.2, 0.25) is 0 Å². The highest BCUT2D eigenvalue weighted by atomic mass is 16.6. The van der Waals surface area contributed by atoms with E-state index in [2.05, 4.69) is 17.2 Å². The van der Waals surface area contributed by atoms with Crippen molar-refractivity contribution in [3.63, 3.8) is 0 Å². The van der Waals surface area contributed by atoms with Crippen molar-refractivity contribution in [2.24, 2.45) is 0 Å². The van der Waals surface area contributed by atoms with Gasteiger partial charge in [0.1, 0.15) is 0 Å². The van der Waals surface area contributed by atoms with E-state index < -0.39 is 4.92 Å². The Kier molecular flexibility index (Phi) is 6.76. The lowest BCUT2D eigenvalue weighted by Crippen LogP contribution is -2.05. The van der Waals surface area contributed by atoms with Crippen molar-refractivity contribution < 1.29 is 4.92 Å². The SMILES string of the molecule is CCCCCCCCNc1ncccc1[N+](=O)[O-]. The van der Waals surface area contributed by atoms with Crippen LogP contribution in [0.25, 0.3) is 0 Å². The Labute approximate surface area is 108 Å². The number of aromatic nitrogens is 1. The summed E-state index contributed by atoms with van der Waals surface area (Å²) in [6.45, 7) is 2.94. The van der Waals surface area contributed by atoms with Crippen molar-refractivity contribution in [3.8, 4) is 0 Å². The molecular weight excluding hydrogens is 230 g/mol. The Morgan fingerprint density at radius 2 is 2.00 bits per heavy atom. The van der Waals surface area contributed by atoms with Gasteiger partial charge in [-0.2, -0.15) is 0 Å². The largest absolute Gasteiger partial charge is 0.364 e. The molecule has 0 saturated heterocycles. The quantitative estimate of drug-likeness (QED) is 0.412. The van der Waals surface area contributed by atoms with Gasteiger partial charge in [-0.1, -0.05) is 39.0 Å². The summed E-state index contributed by atoms with van der Waals surface area (Å²) in [6, 6.07) is 3.05. The first-order valence-corrected chi connectivity index (χ1v) is 6.59. The van der Waals surface area contributed by atoms with E-state index in [0.29, 0.717) is 5.82 Å². The van der Waals surface area contributed by atoms with E-state index in [-0.39, 0.29) is 5.69 Å². The van der Waals surface area contributed by atoms with Gasteiger partial charge in [-0.15, -0.1) is 0 Å². The van der Waals surface area contributed by atoms with Gasteiger partial charge in [-0.3, -0.25) is 10.1 Å². The molecular formula is C13H21N3O2. The van der Waals surface area contributed by atoms with Gasteiger partial charge in [-0.25, -0.2) is 4.98 Å². The zero-order chi connectivity index (χ0) is 13.2. The Hall–Kier alpha value is -1.65. The molecule has 0 aliphatic heterocycles. The Morgan fingerprint density at radius 1 is 1.28 bits per heavy atom. The van der Waals surface area contributed by atoms with E-state index in [1.54, 1.807) is 12.3 Å². The van der Waals surface area contributed by atoms with E-state index in [1.807, 2.05) is 0 Å². The molecule has 100 valence electrons. The maximum Gasteiger partial charge on any atom is 0.311 e. The number of nitrogens with zero attached hydrogens (tertiary/aromatic N) is 2. The molecule has 0 aliphatic rings. The predicted molar refractivity (Wildman–Crippen MR) is 72.8 cm³/mol. The fourth-order valence-electron chi connectivity index (χ4n) is 1.79. The van der Waals surface area contributed by atoms with Crippen LogP contribution in [0, 0.1) is 10.1 Å². The topological polar surface area (TPSA) is 68.1 Å². The zero-order valence-corrected chi connectivity index (χ0v) is 10.9. The maximum atomic E-state index is 10.8. The number of anilines is 1. The summed E-state index contributed by atoms with van der Waals surface area (Å²) in [5.74, 6) is 0.371. The van der Waals surface area contributed by atoms with Gasteiger partial charge < -0.3 is 5.32 Å². The van der Waals surface area contributed by atoms with Crippen LogP contribution in [-0.4, -0.2) is 16.5 Å². The molecule has 0 amide bonds. The smallest absolute Gasteiger partial charge is 0.311 e. The molecule has 1 aromatic heterocycles. The van der Waals surface area contributed by atoms with Crippen molar-refractivity contribution in [3.05, 3.63) is 28.4 Å². The molecule has 18 heavy (non-hydrogen) atoms. The average molecular weight is 251 g/mol. The number of hydrogen-bond donors (Lipinski definition) is 1. The zero-order valence-electron chi connectivity index (χ0n) is 10.9. The van der Waals surface area contributed by atoms with Crippen LogP contribution in [0.5, 0.6) is 0 Å². The lowest BCUT2D eigenvalue weighted by Gasteiger charge is -2.05. The summed E-state index contributed by atoms with van der Waals surface area (Å²) < 4.78 is 0. The molecule has 0 radical (unpaired) electrons. The monoisotopic (exact) mass is 251 g/mol. The number of nitro groups is 1. The van der Waals surface area contributed by atoms with Gasteiger partial charge in [-0.05, 0) is 12.5 Å². The Morgan fingerprint density at radius 3 is 2.72 bits per heavy atom. The normalized spacial score (nSPS) is 10.3. The fraction of sp³-hybridized carbons (Fsp3) is 0.615. The van der Waals surface area contributed by atoms with Crippen LogP contribution in [-0.2, 0) is 0 Å². The number of nitrogens with one attached hydrogen (secondary N) is 1. The Balaban J connectivity index is 2.25. The minimum atomic E-state index is -0.406. The van der Waals surface area contributed by atoms with Gasteiger partial charge in [0, 0.05) is 18.8 Å². The summed E-state index contributed by atoms with van der Waals surface area (Å²) >= 11 is 0. The molecule has 5 heteroatoms. The molecule has 1 aromatic rings. The van der Waals surface area contributed by atoms with Crippen molar-refractivity contribution in [2.75, 3.05) is 11.9 Å². The standard InChI is InChI=1S/C13H21N3O2/c1-2-3-4-5-6-7-10-14-13-12(16(17)18)9-8-11-15-13/h8-9,11H,2-7,10H2,1H3,(H,14,15). The van der Waals surface area contributed by atoms with E-state index in [1.165, 1.54) is 31.7 Å². The van der Waals surface area contributed by atoms with E-state index in [0.717, 1.165) is 19.4 Å². The molecule has 1 N–H and O–H groups in total. The molecule has 0 aromatic carbocycles. The van der Waals surface area contributed by atoms with Gasteiger partial charge in [0.25, 0.3) is 0 Å². The van der Waals surface area contributed by atoms with E-state index >= 15 is 0 Å². The van der Waals surface area contributed by atoms with Crippen molar-refractivity contribution in [1.29, 1.82) is 0 Å². The van der Waals surface area contributed by atoms with Gasteiger partial charge in [0.2, 0.25) is 5.82 Å². The molecule has 1 heterocycles. The minimum Gasteiger partial charge on any atom is -0.364 e. The second kappa shape index (κ2) is 8.44. The minimum absolute atomic E-state index is 0.0449. The van der Waals surface area contributed by atoms with Crippen molar-refractivity contribution in [2.45, 2.75) is 45.4 Å². The predicted octanol–water partition coefficient (Wildman–Crippen LogP) is 3.76. The van der Waals surface area contributed by atoms with Gasteiger partial charge >= 0.3 is 5.69 Å². The third-order valence-electron chi connectivity index (χ3n) is 2.81. The van der Waals surface area contributed by atoms with E-state index in [4.69, 9.17) is 0 Å². The molecule has 0 spiro atoms. The summed E-state index contributed by atoms with van der Waals surface area (Å²) in [5, 5.41) is 13.8. The second-order valence-electron chi connectivity index (χ2n) is 4.32. The molecule has 5 nitrogen and oxygen atoms in total. The van der Waals surface area contributed by atoms with Crippen LogP contribution in [0.4, 0.5) is 11.5 Å². The third-order valence-corrected chi connectivity index (χ3v) is 2.81. The molecule has 0 bridgehead atoms. The molecule has 1 rings (SSSR count). The lowest BCUT2D eigenvalue weighted by molar-refractivity contribution is -0.384. The third kappa shape index (κ3) is 5.12.